The standard InChI is InChI=1S/C24H27N5O10S3/c1-13(30)39-11-15-12-41-21-24(40-2,20(34)29(21)17(15)19(32)33)26-18(31)16(14-7-5-4-6-8-14)25-22(35)27-9-10-28(23(27)36)42(3,37)38/h4-8,16,21H,9-12H2,1-3H3,(H,25,35)(H,26,31)(H,32,33)/t16?,21-,24+/m1/s1. The number of carboxylic acid groups (broad SMARTS) is 1. The number of sulfonamides is 1. The largest absolute Gasteiger partial charge is 0.477 e. The average molecular weight is 642 g/mol. The Hall–Kier alpha value is -3.77. The molecule has 3 N–H and O–H groups in total. The van der Waals surface area contributed by atoms with Crippen LogP contribution in [0.3, 0.4) is 0 Å². The Balaban J connectivity index is 1.59. The van der Waals surface area contributed by atoms with Crippen LogP contribution in [0.1, 0.15) is 18.5 Å². The van der Waals surface area contributed by atoms with Crippen LogP contribution < -0.4 is 10.6 Å². The summed E-state index contributed by atoms with van der Waals surface area (Å²) in [7, 11) is -3.91. The number of urea groups is 2. The summed E-state index contributed by atoms with van der Waals surface area (Å²) in [5.41, 5.74) is 0.196. The Kier molecular flexibility index (Phi) is 8.79. The number of benzene rings is 1. The molecule has 3 aliphatic rings. The van der Waals surface area contributed by atoms with Crippen molar-refractivity contribution >= 4 is 69.4 Å². The van der Waals surface area contributed by atoms with Crippen molar-refractivity contribution in [3.63, 3.8) is 0 Å². The number of carbonyl (C=O) groups is 6. The Bertz CT molecular complexity index is 1480. The van der Waals surface area contributed by atoms with Gasteiger partial charge in [-0.3, -0.25) is 19.3 Å². The lowest BCUT2D eigenvalue weighted by Gasteiger charge is -2.56. The smallest absolute Gasteiger partial charge is 0.352 e. The van der Waals surface area contributed by atoms with Crippen molar-refractivity contribution in [3.05, 3.63) is 47.2 Å². The van der Waals surface area contributed by atoms with Crippen molar-refractivity contribution in [2.45, 2.75) is 23.2 Å². The second-order valence-electron chi connectivity index (χ2n) is 9.37. The average Bonchev–Trinajstić information content (AvgIpc) is 3.34. The molecule has 0 aliphatic carbocycles. The molecule has 15 nitrogen and oxygen atoms in total. The van der Waals surface area contributed by atoms with Gasteiger partial charge in [0.1, 0.15) is 23.7 Å². The molecule has 0 aromatic heterocycles. The van der Waals surface area contributed by atoms with E-state index in [4.69, 9.17) is 4.74 Å². The van der Waals surface area contributed by atoms with E-state index in [0.717, 1.165) is 22.9 Å². The minimum atomic E-state index is -3.91. The van der Waals surface area contributed by atoms with Crippen molar-refractivity contribution in [1.29, 1.82) is 0 Å². The van der Waals surface area contributed by atoms with Crippen molar-refractivity contribution in [1.82, 2.24) is 24.7 Å². The van der Waals surface area contributed by atoms with E-state index >= 15 is 0 Å². The van der Waals surface area contributed by atoms with Crippen LogP contribution in [0.15, 0.2) is 41.6 Å². The number of carbonyl (C=O) groups excluding carboxylic acids is 5. The minimum absolute atomic E-state index is 0.105. The number of hydrogen-bond donors (Lipinski definition) is 3. The summed E-state index contributed by atoms with van der Waals surface area (Å²) in [5, 5.41) is 14.2. The molecule has 2 fully saturated rings. The molecule has 1 aromatic rings. The fourth-order valence-electron chi connectivity index (χ4n) is 4.66. The van der Waals surface area contributed by atoms with Crippen LogP contribution in [0.5, 0.6) is 0 Å². The van der Waals surface area contributed by atoms with Gasteiger partial charge in [0.05, 0.1) is 19.3 Å². The van der Waals surface area contributed by atoms with Crippen LogP contribution in [-0.4, -0.2) is 112 Å². The molecule has 2 saturated heterocycles. The zero-order chi connectivity index (χ0) is 31.0. The number of β-lactam (4-membered cyclic amide) rings is 1. The summed E-state index contributed by atoms with van der Waals surface area (Å²) >= 11 is 2.15. The van der Waals surface area contributed by atoms with Gasteiger partial charge in [0.25, 0.3) is 5.91 Å². The molecular formula is C24H27N5O10S3. The molecule has 1 unspecified atom stereocenters. The third-order valence-electron chi connectivity index (χ3n) is 6.67. The van der Waals surface area contributed by atoms with Crippen molar-refractivity contribution in [2.75, 3.05) is 38.0 Å². The predicted molar refractivity (Wildman–Crippen MR) is 150 cm³/mol. The van der Waals surface area contributed by atoms with E-state index in [1.807, 2.05) is 0 Å². The van der Waals surface area contributed by atoms with E-state index in [1.165, 1.54) is 18.7 Å². The first-order chi connectivity index (χ1) is 19.7. The molecule has 4 rings (SSSR count). The van der Waals surface area contributed by atoms with Crippen LogP contribution in [0.25, 0.3) is 0 Å². The Morgan fingerprint density at radius 2 is 1.86 bits per heavy atom. The van der Waals surface area contributed by atoms with Crippen LogP contribution in [0, 0.1) is 0 Å². The summed E-state index contributed by atoms with van der Waals surface area (Å²) in [6, 6.07) is 4.49. The summed E-state index contributed by atoms with van der Waals surface area (Å²) in [6.07, 6.45) is 2.40. The van der Waals surface area contributed by atoms with Crippen LogP contribution >= 0.6 is 23.5 Å². The first kappa shape index (κ1) is 31.2. The summed E-state index contributed by atoms with van der Waals surface area (Å²) in [4.78, 5) is 76.4. The topological polar surface area (TPSA) is 200 Å². The van der Waals surface area contributed by atoms with E-state index in [0.29, 0.717) is 14.8 Å². The van der Waals surface area contributed by atoms with Gasteiger partial charge >= 0.3 is 24.0 Å². The fourth-order valence-corrected chi connectivity index (χ4v) is 8.05. The maximum atomic E-state index is 13.7. The highest BCUT2D eigenvalue weighted by molar-refractivity contribution is 8.05. The highest BCUT2D eigenvalue weighted by Gasteiger charge is 2.65. The first-order valence-electron chi connectivity index (χ1n) is 12.3. The highest BCUT2D eigenvalue weighted by Crippen LogP contribution is 2.50. The van der Waals surface area contributed by atoms with Gasteiger partial charge in [-0.05, 0) is 11.8 Å². The molecule has 3 heterocycles. The van der Waals surface area contributed by atoms with Gasteiger partial charge in [-0.25, -0.2) is 32.0 Å². The van der Waals surface area contributed by atoms with E-state index in [2.05, 4.69) is 10.6 Å². The lowest BCUT2D eigenvalue weighted by molar-refractivity contribution is -0.153. The van der Waals surface area contributed by atoms with Crippen LogP contribution in [0.4, 0.5) is 9.59 Å². The third kappa shape index (κ3) is 5.65. The van der Waals surface area contributed by atoms with Gasteiger partial charge in [-0.1, -0.05) is 30.3 Å². The number of rotatable bonds is 9. The van der Waals surface area contributed by atoms with Crippen molar-refractivity contribution in [3.8, 4) is 0 Å². The minimum Gasteiger partial charge on any atom is -0.477 e. The number of nitrogens with one attached hydrogen (secondary N) is 2. The number of esters is 1. The number of ether oxygens (including phenoxy) is 1. The molecule has 0 radical (unpaired) electrons. The number of aliphatic carboxylic acids is 1. The van der Waals surface area contributed by atoms with Crippen LogP contribution in [0.2, 0.25) is 0 Å². The normalized spacial score (nSPS) is 22.7. The summed E-state index contributed by atoms with van der Waals surface area (Å²) in [6.45, 7) is 0.381. The van der Waals surface area contributed by atoms with Crippen LogP contribution in [-0.2, 0) is 33.9 Å². The highest BCUT2D eigenvalue weighted by atomic mass is 32.2. The van der Waals surface area contributed by atoms with Gasteiger partial charge in [-0.2, -0.15) is 0 Å². The van der Waals surface area contributed by atoms with Gasteiger partial charge in [0.2, 0.25) is 15.9 Å². The molecule has 3 atom stereocenters. The number of fused-ring (bicyclic) bond motifs is 1. The zero-order valence-corrected chi connectivity index (χ0v) is 25.0. The third-order valence-corrected chi connectivity index (χ3v) is 10.5. The van der Waals surface area contributed by atoms with Gasteiger partial charge in [-0.15, -0.1) is 23.5 Å². The van der Waals surface area contributed by atoms with E-state index < -0.39 is 62.1 Å². The molecule has 42 heavy (non-hydrogen) atoms. The second kappa shape index (κ2) is 11.8. The molecule has 226 valence electrons. The monoisotopic (exact) mass is 641 g/mol. The number of thioether (sulfide) groups is 2. The molecule has 3 aliphatic heterocycles. The molecule has 0 spiro atoms. The molecular weight excluding hydrogens is 614 g/mol. The zero-order valence-electron chi connectivity index (χ0n) is 22.6. The maximum Gasteiger partial charge on any atom is 0.352 e. The lowest BCUT2D eigenvalue weighted by atomic mass is 10.00. The Morgan fingerprint density at radius 1 is 1.19 bits per heavy atom. The SMILES string of the molecule is CS[C@@]1(NC(=O)C(NC(=O)N2CCN(S(C)(=O)=O)C2=O)c2ccccc2)C(=O)N2C(C(=O)O)=C(COC(C)=O)CS[C@@H]21. The van der Waals surface area contributed by atoms with Gasteiger partial charge in [0, 0.05) is 18.2 Å². The molecule has 1 aromatic carbocycles. The number of amides is 6. The van der Waals surface area contributed by atoms with E-state index in [1.54, 1.807) is 36.6 Å². The Labute approximate surface area is 249 Å². The first-order valence-corrected chi connectivity index (χ1v) is 16.4. The molecule has 0 saturated carbocycles. The fraction of sp³-hybridized carbons (Fsp3) is 0.417. The molecule has 18 heteroatoms. The van der Waals surface area contributed by atoms with Crippen molar-refractivity contribution in [2.24, 2.45) is 0 Å². The number of imide groups is 1. The maximum absolute atomic E-state index is 13.7. The number of carboxylic acids is 1. The Morgan fingerprint density at radius 3 is 2.40 bits per heavy atom. The number of nitrogens with zero attached hydrogens (tertiary/aromatic N) is 3. The lowest BCUT2D eigenvalue weighted by Crippen LogP contribution is -2.78. The van der Waals surface area contributed by atoms with E-state index in [-0.39, 0.29) is 36.7 Å². The molecule has 6 amide bonds. The summed E-state index contributed by atoms with van der Waals surface area (Å²) in [5.74, 6) is -3.46. The molecule has 0 bridgehead atoms. The van der Waals surface area contributed by atoms with Gasteiger partial charge in [0.15, 0.2) is 4.87 Å². The predicted octanol–water partition coefficient (Wildman–Crippen LogP) is 0.127. The van der Waals surface area contributed by atoms with E-state index in [9.17, 15) is 42.3 Å². The number of hydrogen-bond acceptors (Lipinski definition) is 11. The second-order valence-corrected chi connectivity index (χ2v) is 13.4. The van der Waals surface area contributed by atoms with Gasteiger partial charge < -0.3 is 20.5 Å². The quantitative estimate of drug-likeness (QED) is 0.187. The van der Waals surface area contributed by atoms with Crippen molar-refractivity contribution < 1.29 is 47.0 Å². The summed E-state index contributed by atoms with van der Waals surface area (Å²) < 4.78 is 29.2.